The van der Waals surface area contributed by atoms with Crippen LogP contribution in [0.1, 0.15) is 310 Å². The third kappa shape index (κ3) is 56.0. The van der Waals surface area contributed by atoms with Gasteiger partial charge >= 0.3 is 17.9 Å². The summed E-state index contributed by atoms with van der Waals surface area (Å²) in [4.78, 5) is 38.2. The van der Waals surface area contributed by atoms with Crippen LogP contribution in [0.3, 0.4) is 0 Å². The van der Waals surface area contributed by atoms with Crippen LogP contribution in [0.25, 0.3) is 0 Å². The molecule has 0 rings (SSSR count). The number of ether oxygens (including phenoxy) is 3. The van der Waals surface area contributed by atoms with Crippen LogP contribution in [0.4, 0.5) is 0 Å². The van der Waals surface area contributed by atoms with E-state index in [0.717, 1.165) is 96.3 Å². The summed E-state index contributed by atoms with van der Waals surface area (Å²) in [6, 6.07) is 0. The molecular weight excluding hydrogens is 865 g/mol. The molecule has 0 radical (unpaired) electrons. The SMILES string of the molecule is CC/C=C/C/C=C/C/C=C/C/C=C/C/C=C/CCCCCC(=O)OC[C@@H](COC(=O)CCCCCCCCCCCCCCCC)OC(=O)CCCCCCCCCCCCCCCCCCCCC. The predicted octanol–water partition coefficient (Wildman–Crippen LogP) is 20.4. The monoisotopic (exact) mass is 979 g/mol. The van der Waals surface area contributed by atoms with Crippen molar-refractivity contribution in [1.29, 1.82) is 0 Å². The van der Waals surface area contributed by atoms with Crippen molar-refractivity contribution in [2.45, 2.75) is 316 Å². The number of carbonyl (C=O) groups is 3. The number of hydrogen-bond donors (Lipinski definition) is 0. The first-order chi connectivity index (χ1) is 34.5. The minimum absolute atomic E-state index is 0.0805. The van der Waals surface area contributed by atoms with E-state index in [2.05, 4.69) is 81.5 Å². The van der Waals surface area contributed by atoms with Crippen molar-refractivity contribution in [3.8, 4) is 0 Å². The minimum Gasteiger partial charge on any atom is -0.462 e. The van der Waals surface area contributed by atoms with Crippen molar-refractivity contribution in [2.24, 2.45) is 0 Å². The maximum absolute atomic E-state index is 12.9. The van der Waals surface area contributed by atoms with Gasteiger partial charge in [0.2, 0.25) is 0 Å². The molecule has 406 valence electrons. The molecule has 0 saturated heterocycles. The zero-order valence-corrected chi connectivity index (χ0v) is 46.5. The highest BCUT2D eigenvalue weighted by atomic mass is 16.6. The van der Waals surface area contributed by atoms with E-state index in [4.69, 9.17) is 14.2 Å². The van der Waals surface area contributed by atoms with Crippen molar-refractivity contribution in [1.82, 2.24) is 0 Å². The average Bonchev–Trinajstić information content (AvgIpc) is 3.36. The minimum atomic E-state index is -0.785. The third-order valence-corrected chi connectivity index (χ3v) is 13.3. The van der Waals surface area contributed by atoms with Gasteiger partial charge in [0.1, 0.15) is 13.2 Å². The fourth-order valence-electron chi connectivity index (χ4n) is 8.77. The molecule has 0 amide bonds. The summed E-state index contributed by atoms with van der Waals surface area (Å²) in [7, 11) is 0. The fourth-order valence-corrected chi connectivity index (χ4v) is 8.77. The first-order valence-electron chi connectivity index (χ1n) is 30.3. The van der Waals surface area contributed by atoms with Crippen molar-refractivity contribution in [2.75, 3.05) is 13.2 Å². The standard InChI is InChI=1S/C64H114O6/c1-4-7-10-13-16-19-22-25-28-30-32-34-36-39-42-45-48-51-54-57-63(66)69-60-61(59-68-62(65)56-53-50-47-44-41-38-27-24-21-18-15-12-9-6-3)70-64(67)58-55-52-49-46-43-40-37-35-33-31-29-26-23-20-17-14-11-8-5-2/h7,10,16,19,25,28,32,34,39,42,61H,4-6,8-9,11-15,17-18,20-24,26-27,29-31,33,35-38,40-41,43-60H2,1-3H3/b10-7+,19-16+,28-25+,34-32+,42-39+/t61-/m1/s1. The van der Waals surface area contributed by atoms with Crippen LogP contribution in [-0.2, 0) is 28.6 Å². The van der Waals surface area contributed by atoms with Crippen molar-refractivity contribution in [3.63, 3.8) is 0 Å². The third-order valence-electron chi connectivity index (χ3n) is 13.3. The molecule has 1 atom stereocenters. The van der Waals surface area contributed by atoms with Crippen LogP contribution in [-0.4, -0.2) is 37.2 Å². The lowest BCUT2D eigenvalue weighted by atomic mass is 10.0. The van der Waals surface area contributed by atoms with Gasteiger partial charge in [0, 0.05) is 19.3 Å². The normalized spacial score (nSPS) is 12.4. The lowest BCUT2D eigenvalue weighted by Crippen LogP contribution is -2.30. The van der Waals surface area contributed by atoms with Gasteiger partial charge in [0.25, 0.3) is 0 Å². The van der Waals surface area contributed by atoms with Gasteiger partial charge in [0.15, 0.2) is 6.10 Å². The van der Waals surface area contributed by atoms with Gasteiger partial charge in [-0.1, -0.05) is 287 Å². The van der Waals surface area contributed by atoms with Crippen molar-refractivity contribution >= 4 is 17.9 Å². The Morgan fingerprint density at radius 2 is 0.557 bits per heavy atom. The number of allylic oxidation sites excluding steroid dienone is 10. The molecule has 0 fully saturated rings. The summed E-state index contributed by atoms with van der Waals surface area (Å²) < 4.78 is 16.9. The van der Waals surface area contributed by atoms with Crippen LogP contribution in [0, 0.1) is 0 Å². The smallest absolute Gasteiger partial charge is 0.306 e. The Bertz CT molecular complexity index is 1260. The fraction of sp³-hybridized carbons (Fsp3) is 0.797. The molecule has 0 heterocycles. The Hall–Kier alpha value is -2.89. The van der Waals surface area contributed by atoms with Crippen LogP contribution in [0.15, 0.2) is 60.8 Å². The van der Waals surface area contributed by atoms with Gasteiger partial charge in [-0.25, -0.2) is 0 Å². The lowest BCUT2D eigenvalue weighted by Gasteiger charge is -2.18. The number of unbranched alkanes of at least 4 members (excludes halogenated alkanes) is 34. The Morgan fingerprint density at radius 1 is 0.300 bits per heavy atom. The Labute approximate surface area is 434 Å². The van der Waals surface area contributed by atoms with E-state index >= 15 is 0 Å². The Kier molecular flexibility index (Phi) is 56.3. The van der Waals surface area contributed by atoms with Crippen LogP contribution >= 0.6 is 0 Å². The highest BCUT2D eigenvalue weighted by Gasteiger charge is 2.19. The first-order valence-corrected chi connectivity index (χ1v) is 30.3. The van der Waals surface area contributed by atoms with Gasteiger partial charge in [-0.3, -0.25) is 14.4 Å². The molecule has 0 aromatic heterocycles. The predicted molar refractivity (Wildman–Crippen MR) is 302 cm³/mol. The van der Waals surface area contributed by atoms with E-state index in [9.17, 15) is 14.4 Å². The molecule has 0 aromatic rings. The van der Waals surface area contributed by atoms with Crippen molar-refractivity contribution < 1.29 is 28.6 Å². The highest BCUT2D eigenvalue weighted by molar-refractivity contribution is 5.71. The molecule has 0 aliphatic heterocycles. The molecule has 0 N–H and O–H groups in total. The van der Waals surface area contributed by atoms with Gasteiger partial charge in [-0.15, -0.1) is 0 Å². The van der Waals surface area contributed by atoms with E-state index in [0.29, 0.717) is 19.3 Å². The van der Waals surface area contributed by atoms with E-state index in [1.54, 1.807) is 0 Å². The van der Waals surface area contributed by atoms with Crippen LogP contribution in [0.2, 0.25) is 0 Å². The maximum Gasteiger partial charge on any atom is 0.306 e. The van der Waals surface area contributed by atoms with Gasteiger partial charge in [-0.2, -0.15) is 0 Å². The number of hydrogen-bond acceptors (Lipinski definition) is 6. The van der Waals surface area contributed by atoms with Crippen molar-refractivity contribution in [3.05, 3.63) is 60.8 Å². The number of rotatable bonds is 55. The molecule has 0 unspecified atom stereocenters. The summed E-state index contributed by atoms with van der Waals surface area (Å²) in [6.45, 7) is 6.54. The van der Waals surface area contributed by atoms with Crippen LogP contribution in [0.5, 0.6) is 0 Å². The lowest BCUT2D eigenvalue weighted by molar-refractivity contribution is -0.167. The van der Waals surface area contributed by atoms with E-state index < -0.39 is 6.10 Å². The molecular formula is C64H114O6. The molecule has 0 saturated carbocycles. The first kappa shape index (κ1) is 67.1. The summed E-state index contributed by atoms with van der Waals surface area (Å²) >= 11 is 0. The molecule has 0 aromatic carbocycles. The van der Waals surface area contributed by atoms with Gasteiger partial charge in [-0.05, 0) is 64.2 Å². The Balaban J connectivity index is 4.39. The molecule has 0 aliphatic rings. The van der Waals surface area contributed by atoms with E-state index in [1.165, 1.54) is 173 Å². The average molecular weight is 980 g/mol. The molecule has 6 nitrogen and oxygen atoms in total. The summed E-state index contributed by atoms with van der Waals surface area (Å²) in [5.74, 6) is -0.896. The van der Waals surface area contributed by atoms with Gasteiger partial charge in [0.05, 0.1) is 0 Å². The molecule has 0 aliphatic carbocycles. The molecule has 0 bridgehead atoms. The second-order valence-electron chi connectivity index (χ2n) is 20.2. The second-order valence-corrected chi connectivity index (χ2v) is 20.2. The van der Waals surface area contributed by atoms with E-state index in [-0.39, 0.29) is 31.1 Å². The quantitative estimate of drug-likeness (QED) is 0.0261. The summed E-state index contributed by atoms with van der Waals surface area (Å²) in [5, 5.41) is 0. The molecule has 6 heteroatoms. The maximum atomic E-state index is 12.9. The molecule has 70 heavy (non-hydrogen) atoms. The topological polar surface area (TPSA) is 78.9 Å². The van der Waals surface area contributed by atoms with Crippen LogP contribution < -0.4 is 0 Å². The summed E-state index contributed by atoms with van der Waals surface area (Å²) in [5.41, 5.74) is 0. The largest absolute Gasteiger partial charge is 0.462 e. The Morgan fingerprint density at radius 3 is 0.871 bits per heavy atom. The number of esters is 3. The van der Waals surface area contributed by atoms with E-state index in [1.807, 2.05) is 0 Å². The zero-order chi connectivity index (χ0) is 50.7. The molecule has 0 spiro atoms. The summed E-state index contributed by atoms with van der Waals surface area (Å²) in [6.07, 6.45) is 73.6. The highest BCUT2D eigenvalue weighted by Crippen LogP contribution is 2.17. The number of carbonyl (C=O) groups excluding carboxylic acids is 3. The zero-order valence-electron chi connectivity index (χ0n) is 46.5. The second kappa shape index (κ2) is 58.7. The van der Waals surface area contributed by atoms with Gasteiger partial charge < -0.3 is 14.2 Å².